The van der Waals surface area contributed by atoms with Crippen LogP contribution in [0.1, 0.15) is 12.8 Å². The molecule has 0 saturated carbocycles. The van der Waals surface area contributed by atoms with E-state index in [0.29, 0.717) is 6.61 Å². The summed E-state index contributed by atoms with van der Waals surface area (Å²) in [5.74, 6) is 0.185. The maximum absolute atomic E-state index is 12.1. The van der Waals surface area contributed by atoms with Crippen LogP contribution in [0, 0.1) is 5.92 Å². The van der Waals surface area contributed by atoms with Crippen molar-refractivity contribution in [2.24, 2.45) is 5.92 Å². The Kier molecular flexibility index (Phi) is 3.57. The van der Waals surface area contributed by atoms with E-state index in [1.807, 2.05) is 37.4 Å². The highest BCUT2D eigenvalue weighted by Crippen LogP contribution is 2.19. The minimum atomic E-state index is 0.0268. The highest BCUT2D eigenvalue weighted by molar-refractivity contribution is 5.94. The maximum Gasteiger partial charge on any atom is 0.232 e. The quantitative estimate of drug-likeness (QED) is 0.762. The van der Waals surface area contributed by atoms with Crippen molar-refractivity contribution in [2.75, 3.05) is 25.2 Å². The van der Waals surface area contributed by atoms with Gasteiger partial charge in [0.25, 0.3) is 0 Å². The number of para-hydroxylation sites is 1. The molecule has 0 N–H and O–H groups in total. The molecule has 0 aliphatic carbocycles. The molecule has 16 heavy (non-hydrogen) atoms. The third-order valence-corrected chi connectivity index (χ3v) is 2.98. The van der Waals surface area contributed by atoms with Gasteiger partial charge in [-0.3, -0.25) is 4.79 Å². The van der Waals surface area contributed by atoms with Gasteiger partial charge in [0.1, 0.15) is 0 Å². The second kappa shape index (κ2) is 5.12. The lowest BCUT2D eigenvalue weighted by Gasteiger charge is -2.26. The molecule has 86 valence electrons. The highest BCUT2D eigenvalue weighted by atomic mass is 16.5. The standard InChI is InChI=1S/C13H17NO2/c1-14(12-7-3-2-4-8-12)13(15)11-6-5-9-16-10-11/h2-4,7-8,11H,5-6,9-10H2,1H3. The van der Waals surface area contributed by atoms with Crippen molar-refractivity contribution < 1.29 is 9.53 Å². The van der Waals surface area contributed by atoms with Gasteiger partial charge in [-0.05, 0) is 25.0 Å². The zero-order chi connectivity index (χ0) is 11.4. The van der Waals surface area contributed by atoms with E-state index in [1.165, 1.54) is 0 Å². The molecule has 0 bridgehead atoms. The number of carbonyl (C=O) groups is 1. The fourth-order valence-corrected chi connectivity index (χ4v) is 1.99. The number of rotatable bonds is 2. The number of amides is 1. The van der Waals surface area contributed by atoms with Crippen LogP contribution < -0.4 is 4.90 Å². The van der Waals surface area contributed by atoms with Crippen molar-refractivity contribution in [3.8, 4) is 0 Å². The number of ether oxygens (including phenoxy) is 1. The smallest absolute Gasteiger partial charge is 0.232 e. The Balaban J connectivity index is 2.04. The second-order valence-corrected chi connectivity index (χ2v) is 4.15. The van der Waals surface area contributed by atoms with Gasteiger partial charge in [0.05, 0.1) is 12.5 Å². The largest absolute Gasteiger partial charge is 0.381 e. The van der Waals surface area contributed by atoms with Gasteiger partial charge in [0.15, 0.2) is 0 Å². The van der Waals surface area contributed by atoms with Crippen molar-refractivity contribution in [1.29, 1.82) is 0 Å². The molecule has 1 aliphatic rings. The van der Waals surface area contributed by atoms with Gasteiger partial charge in [-0.15, -0.1) is 0 Å². The fraction of sp³-hybridized carbons (Fsp3) is 0.462. The summed E-state index contributed by atoms with van der Waals surface area (Å²) in [5, 5.41) is 0. The summed E-state index contributed by atoms with van der Waals surface area (Å²) in [6.07, 6.45) is 1.93. The zero-order valence-electron chi connectivity index (χ0n) is 9.56. The molecule has 1 amide bonds. The van der Waals surface area contributed by atoms with Crippen LogP contribution in [0.3, 0.4) is 0 Å². The Morgan fingerprint density at radius 2 is 2.12 bits per heavy atom. The average molecular weight is 219 g/mol. The van der Waals surface area contributed by atoms with Crippen LogP contribution in [-0.2, 0) is 9.53 Å². The Hall–Kier alpha value is -1.35. The minimum Gasteiger partial charge on any atom is -0.381 e. The maximum atomic E-state index is 12.1. The van der Waals surface area contributed by atoms with Crippen LogP contribution in [0.2, 0.25) is 0 Å². The van der Waals surface area contributed by atoms with E-state index in [2.05, 4.69) is 0 Å². The molecule has 1 aromatic carbocycles. The first kappa shape index (κ1) is 11.1. The van der Waals surface area contributed by atoms with Crippen molar-refractivity contribution in [3.63, 3.8) is 0 Å². The molecule has 1 heterocycles. The summed E-state index contributed by atoms with van der Waals surface area (Å²) in [6, 6.07) is 9.72. The summed E-state index contributed by atoms with van der Waals surface area (Å²) in [7, 11) is 1.83. The summed E-state index contributed by atoms with van der Waals surface area (Å²) in [6.45, 7) is 1.36. The van der Waals surface area contributed by atoms with Gasteiger partial charge >= 0.3 is 0 Å². The fourth-order valence-electron chi connectivity index (χ4n) is 1.99. The van der Waals surface area contributed by atoms with E-state index < -0.39 is 0 Å². The monoisotopic (exact) mass is 219 g/mol. The molecule has 0 spiro atoms. The van der Waals surface area contributed by atoms with Crippen molar-refractivity contribution >= 4 is 11.6 Å². The third kappa shape index (κ3) is 2.42. The van der Waals surface area contributed by atoms with E-state index in [4.69, 9.17) is 4.74 Å². The summed E-state index contributed by atoms with van der Waals surface area (Å²) >= 11 is 0. The molecule has 1 aliphatic heterocycles. The van der Waals surface area contributed by atoms with Crippen molar-refractivity contribution in [3.05, 3.63) is 30.3 Å². The van der Waals surface area contributed by atoms with Gasteiger partial charge in [-0.2, -0.15) is 0 Å². The van der Waals surface area contributed by atoms with Gasteiger partial charge in [0.2, 0.25) is 5.91 Å². The van der Waals surface area contributed by atoms with Crippen molar-refractivity contribution in [1.82, 2.24) is 0 Å². The molecule has 2 rings (SSSR count). The number of benzene rings is 1. The molecule has 1 unspecified atom stereocenters. The Bertz CT molecular complexity index is 344. The Morgan fingerprint density at radius 1 is 1.38 bits per heavy atom. The number of hydrogen-bond acceptors (Lipinski definition) is 2. The first-order valence-electron chi connectivity index (χ1n) is 5.69. The SMILES string of the molecule is CN(C(=O)C1CCCOC1)c1ccccc1. The van der Waals surface area contributed by atoms with E-state index in [9.17, 15) is 4.79 Å². The summed E-state index contributed by atoms with van der Waals surface area (Å²) in [4.78, 5) is 13.9. The molecule has 1 fully saturated rings. The van der Waals surface area contributed by atoms with Gasteiger partial charge < -0.3 is 9.64 Å². The van der Waals surface area contributed by atoms with Crippen LogP contribution in [0.15, 0.2) is 30.3 Å². The number of nitrogens with zero attached hydrogens (tertiary/aromatic N) is 1. The first-order valence-corrected chi connectivity index (χ1v) is 5.69. The average Bonchev–Trinajstić information content (AvgIpc) is 2.39. The molecule has 3 heteroatoms. The summed E-state index contributed by atoms with van der Waals surface area (Å²) in [5.41, 5.74) is 0.943. The van der Waals surface area contributed by atoms with Crippen LogP contribution >= 0.6 is 0 Å². The summed E-state index contributed by atoms with van der Waals surface area (Å²) < 4.78 is 5.34. The lowest BCUT2D eigenvalue weighted by atomic mass is 10.0. The van der Waals surface area contributed by atoms with Gasteiger partial charge in [-0.1, -0.05) is 18.2 Å². The van der Waals surface area contributed by atoms with Crippen LogP contribution in [-0.4, -0.2) is 26.2 Å². The van der Waals surface area contributed by atoms with Crippen LogP contribution in [0.5, 0.6) is 0 Å². The minimum absolute atomic E-state index is 0.0268. The predicted molar refractivity (Wildman–Crippen MR) is 63.4 cm³/mol. The third-order valence-electron chi connectivity index (χ3n) is 2.98. The molecule has 3 nitrogen and oxygen atoms in total. The lowest BCUT2D eigenvalue weighted by Crippen LogP contribution is -2.37. The van der Waals surface area contributed by atoms with E-state index in [1.54, 1.807) is 4.90 Å². The number of carbonyl (C=O) groups excluding carboxylic acids is 1. The molecular formula is C13H17NO2. The Labute approximate surface area is 96.0 Å². The van der Waals surface area contributed by atoms with Crippen LogP contribution in [0.25, 0.3) is 0 Å². The molecular weight excluding hydrogens is 202 g/mol. The molecule has 1 saturated heterocycles. The molecule has 0 radical (unpaired) electrons. The number of anilines is 1. The van der Waals surface area contributed by atoms with E-state index in [-0.39, 0.29) is 11.8 Å². The predicted octanol–water partition coefficient (Wildman–Crippen LogP) is 2.08. The van der Waals surface area contributed by atoms with Gasteiger partial charge in [-0.25, -0.2) is 0 Å². The molecule has 1 atom stereocenters. The molecule has 1 aromatic rings. The zero-order valence-corrected chi connectivity index (χ0v) is 9.56. The van der Waals surface area contributed by atoms with E-state index in [0.717, 1.165) is 25.1 Å². The Morgan fingerprint density at radius 3 is 2.75 bits per heavy atom. The second-order valence-electron chi connectivity index (χ2n) is 4.15. The molecule has 0 aromatic heterocycles. The lowest BCUT2D eigenvalue weighted by molar-refractivity contribution is -0.125. The normalized spacial score (nSPS) is 20.4. The highest BCUT2D eigenvalue weighted by Gasteiger charge is 2.25. The first-order chi connectivity index (χ1) is 7.79. The van der Waals surface area contributed by atoms with Gasteiger partial charge in [0, 0.05) is 19.3 Å². The number of hydrogen-bond donors (Lipinski definition) is 0. The van der Waals surface area contributed by atoms with Crippen LogP contribution in [0.4, 0.5) is 5.69 Å². The topological polar surface area (TPSA) is 29.5 Å². The van der Waals surface area contributed by atoms with E-state index >= 15 is 0 Å². The van der Waals surface area contributed by atoms with Crippen molar-refractivity contribution in [2.45, 2.75) is 12.8 Å².